The van der Waals surface area contributed by atoms with Crippen molar-refractivity contribution in [2.24, 2.45) is 0 Å². The minimum atomic E-state index is -0.0583. The van der Waals surface area contributed by atoms with E-state index in [9.17, 15) is 4.79 Å². The van der Waals surface area contributed by atoms with Crippen molar-refractivity contribution in [3.8, 4) is 0 Å². The van der Waals surface area contributed by atoms with Crippen LogP contribution >= 0.6 is 15.9 Å². The molecule has 0 aliphatic carbocycles. The second-order valence-electron chi connectivity index (χ2n) is 6.65. The molecule has 1 amide bonds. The number of nitrogens with zero attached hydrogens (tertiary/aromatic N) is 3. The Morgan fingerprint density at radius 3 is 2.69 bits per heavy atom. The zero-order chi connectivity index (χ0) is 18.1. The number of rotatable bonds is 4. The normalized spacial score (nSPS) is 14.2. The Morgan fingerprint density at radius 1 is 1.19 bits per heavy atom. The predicted octanol–water partition coefficient (Wildman–Crippen LogP) is 4.35. The number of para-hydroxylation sites is 1. The number of carbonyl (C=O) groups excluding carboxylic acids is 1. The molecule has 1 aliphatic heterocycles. The van der Waals surface area contributed by atoms with Crippen molar-refractivity contribution in [2.45, 2.75) is 26.3 Å². The molecule has 1 fully saturated rings. The molecule has 26 heavy (non-hydrogen) atoms. The molecule has 1 saturated heterocycles. The zero-order valence-corrected chi connectivity index (χ0v) is 16.3. The summed E-state index contributed by atoms with van der Waals surface area (Å²) in [7, 11) is 0. The Morgan fingerprint density at radius 2 is 1.96 bits per heavy atom. The molecule has 1 N–H and O–H groups in total. The van der Waals surface area contributed by atoms with Crippen LogP contribution in [0.4, 0.5) is 11.5 Å². The topological polar surface area (TPSA) is 50.2 Å². The van der Waals surface area contributed by atoms with Gasteiger partial charge >= 0.3 is 0 Å². The first-order valence-electron chi connectivity index (χ1n) is 8.87. The van der Waals surface area contributed by atoms with Crippen LogP contribution < -0.4 is 10.2 Å². The first-order valence-corrected chi connectivity index (χ1v) is 9.67. The summed E-state index contributed by atoms with van der Waals surface area (Å²) in [5.74, 6) is 0.925. The molecule has 5 nitrogen and oxygen atoms in total. The lowest BCUT2D eigenvalue weighted by Crippen LogP contribution is -2.20. The maximum atomic E-state index is 12.5. The number of fused-ring (bicyclic) bond motifs is 1. The van der Waals surface area contributed by atoms with Gasteiger partial charge in [-0.1, -0.05) is 18.2 Å². The van der Waals surface area contributed by atoms with Gasteiger partial charge in [0.15, 0.2) is 0 Å². The van der Waals surface area contributed by atoms with Crippen LogP contribution in [0.15, 0.2) is 47.1 Å². The second-order valence-corrected chi connectivity index (χ2v) is 7.44. The first kappa shape index (κ1) is 17.1. The minimum absolute atomic E-state index is 0.0583. The molecule has 2 aromatic heterocycles. The monoisotopic (exact) mass is 412 g/mol. The molecule has 0 unspecified atom stereocenters. The summed E-state index contributed by atoms with van der Waals surface area (Å²) in [6.45, 7) is 4.41. The maximum absolute atomic E-state index is 12.5. The number of carbonyl (C=O) groups is 1. The highest BCUT2D eigenvalue weighted by Gasteiger charge is 2.15. The molecule has 3 aromatic rings. The maximum Gasteiger partial charge on any atom is 0.244 e. The Hall–Kier alpha value is -2.34. The van der Waals surface area contributed by atoms with Gasteiger partial charge in [-0.3, -0.25) is 4.79 Å². The van der Waals surface area contributed by atoms with E-state index in [4.69, 9.17) is 0 Å². The molecular weight excluding hydrogens is 392 g/mol. The van der Waals surface area contributed by atoms with Crippen LogP contribution in [0.3, 0.4) is 0 Å². The van der Waals surface area contributed by atoms with Gasteiger partial charge in [0.05, 0.1) is 11.9 Å². The lowest BCUT2D eigenvalue weighted by atomic mass is 10.2. The summed E-state index contributed by atoms with van der Waals surface area (Å²) >= 11 is 3.63. The lowest BCUT2D eigenvalue weighted by Gasteiger charge is -2.16. The van der Waals surface area contributed by atoms with Crippen molar-refractivity contribution in [2.75, 3.05) is 23.3 Å². The molecule has 1 aliphatic rings. The Labute approximate surface area is 161 Å². The highest BCUT2D eigenvalue weighted by Crippen LogP contribution is 2.30. The minimum Gasteiger partial charge on any atom is -0.357 e. The third-order valence-corrected chi connectivity index (χ3v) is 5.92. The molecule has 1 aromatic carbocycles. The van der Waals surface area contributed by atoms with Crippen LogP contribution in [0.2, 0.25) is 0 Å². The number of amides is 1. The van der Waals surface area contributed by atoms with Crippen LogP contribution in [0.5, 0.6) is 0 Å². The van der Waals surface area contributed by atoms with Gasteiger partial charge in [0.25, 0.3) is 0 Å². The van der Waals surface area contributed by atoms with E-state index >= 15 is 0 Å². The Bertz CT molecular complexity index is 942. The van der Waals surface area contributed by atoms with Gasteiger partial charge in [-0.15, -0.1) is 0 Å². The fraction of sp³-hybridized carbons (Fsp3) is 0.300. The largest absolute Gasteiger partial charge is 0.357 e. The summed E-state index contributed by atoms with van der Waals surface area (Å²) < 4.78 is 3.07. The average molecular weight is 413 g/mol. The van der Waals surface area contributed by atoms with Gasteiger partial charge < -0.3 is 14.8 Å². The van der Waals surface area contributed by atoms with Crippen molar-refractivity contribution in [1.29, 1.82) is 0 Å². The highest BCUT2D eigenvalue weighted by molar-refractivity contribution is 9.10. The number of halogens is 1. The summed E-state index contributed by atoms with van der Waals surface area (Å²) in [6, 6.07) is 12.0. The number of benzene rings is 1. The predicted molar refractivity (Wildman–Crippen MR) is 109 cm³/mol. The van der Waals surface area contributed by atoms with E-state index < -0.39 is 0 Å². The molecule has 4 rings (SSSR count). The second kappa shape index (κ2) is 7.11. The molecule has 0 spiro atoms. The smallest absolute Gasteiger partial charge is 0.244 e. The van der Waals surface area contributed by atoms with Gasteiger partial charge in [0, 0.05) is 34.2 Å². The average Bonchev–Trinajstić information content (AvgIpc) is 3.27. The number of aromatic nitrogens is 2. The number of hydrogen-bond acceptors (Lipinski definition) is 3. The van der Waals surface area contributed by atoms with E-state index in [1.165, 1.54) is 12.8 Å². The SMILES string of the molecule is Cc1c(Br)c2ccccc2n1CC(=O)Nc1ccc(N2CCCC2)nc1. The van der Waals surface area contributed by atoms with Gasteiger partial charge in [-0.25, -0.2) is 4.98 Å². The third-order valence-electron chi connectivity index (χ3n) is 4.92. The van der Waals surface area contributed by atoms with E-state index in [0.29, 0.717) is 0 Å². The molecule has 0 saturated carbocycles. The summed E-state index contributed by atoms with van der Waals surface area (Å²) in [5.41, 5.74) is 2.82. The highest BCUT2D eigenvalue weighted by atomic mass is 79.9. The quantitative estimate of drug-likeness (QED) is 0.692. The van der Waals surface area contributed by atoms with E-state index in [1.807, 2.05) is 41.8 Å². The number of pyridine rings is 1. The summed E-state index contributed by atoms with van der Waals surface area (Å²) in [5, 5.41) is 4.07. The van der Waals surface area contributed by atoms with E-state index in [1.54, 1.807) is 6.20 Å². The van der Waals surface area contributed by atoms with Gasteiger partial charge in [-0.05, 0) is 53.9 Å². The molecular formula is C20H21BrN4O. The van der Waals surface area contributed by atoms with Crippen molar-refractivity contribution in [1.82, 2.24) is 9.55 Å². The van der Waals surface area contributed by atoms with Crippen molar-refractivity contribution >= 4 is 44.2 Å². The van der Waals surface area contributed by atoms with Crippen LogP contribution in [-0.2, 0) is 11.3 Å². The first-order chi connectivity index (χ1) is 12.6. The number of hydrogen-bond donors (Lipinski definition) is 1. The zero-order valence-electron chi connectivity index (χ0n) is 14.7. The molecule has 3 heterocycles. The molecule has 6 heteroatoms. The molecule has 0 atom stereocenters. The van der Waals surface area contributed by atoms with Crippen LogP contribution in [0, 0.1) is 6.92 Å². The van der Waals surface area contributed by atoms with Crippen LogP contribution in [0.25, 0.3) is 10.9 Å². The number of nitrogens with one attached hydrogen (secondary N) is 1. The standard InChI is InChI=1S/C20H21BrN4O/c1-14-20(21)16-6-2-3-7-17(16)25(14)13-19(26)23-15-8-9-18(22-12-15)24-10-4-5-11-24/h2-3,6-9,12H,4-5,10-11,13H2,1H3,(H,23,26). The summed E-state index contributed by atoms with van der Waals surface area (Å²) in [6.07, 6.45) is 4.18. The van der Waals surface area contributed by atoms with Gasteiger partial charge in [0.1, 0.15) is 12.4 Å². The fourth-order valence-electron chi connectivity index (χ4n) is 3.53. The molecule has 0 radical (unpaired) electrons. The number of anilines is 2. The van der Waals surface area contributed by atoms with E-state index in [-0.39, 0.29) is 12.5 Å². The van der Waals surface area contributed by atoms with Gasteiger partial charge in [-0.2, -0.15) is 0 Å². The van der Waals surface area contributed by atoms with Gasteiger partial charge in [0.2, 0.25) is 5.91 Å². The third kappa shape index (κ3) is 3.21. The Kier molecular flexibility index (Phi) is 4.68. The lowest BCUT2D eigenvalue weighted by molar-refractivity contribution is -0.116. The van der Waals surface area contributed by atoms with Crippen molar-refractivity contribution < 1.29 is 4.79 Å². The molecule has 134 valence electrons. The van der Waals surface area contributed by atoms with Crippen molar-refractivity contribution in [3.05, 3.63) is 52.8 Å². The van der Waals surface area contributed by atoms with E-state index in [0.717, 1.165) is 45.7 Å². The van der Waals surface area contributed by atoms with Crippen LogP contribution in [0.1, 0.15) is 18.5 Å². The fourth-order valence-corrected chi connectivity index (χ4v) is 4.08. The van der Waals surface area contributed by atoms with E-state index in [2.05, 4.69) is 37.2 Å². The van der Waals surface area contributed by atoms with Crippen LogP contribution in [-0.4, -0.2) is 28.5 Å². The Balaban J connectivity index is 1.48. The summed E-state index contributed by atoms with van der Waals surface area (Å²) in [4.78, 5) is 19.3. The van der Waals surface area contributed by atoms with Crippen molar-refractivity contribution in [3.63, 3.8) is 0 Å². The molecule has 0 bridgehead atoms.